The fourth-order valence-corrected chi connectivity index (χ4v) is 3.17. The molecule has 1 aromatic carbocycles. The molecule has 0 bridgehead atoms. The second-order valence-electron chi connectivity index (χ2n) is 4.85. The lowest BCUT2D eigenvalue weighted by Gasteiger charge is -2.08. The Morgan fingerprint density at radius 2 is 1.86 bits per heavy atom. The van der Waals surface area contributed by atoms with Crippen molar-refractivity contribution in [3.05, 3.63) is 30.5 Å². The van der Waals surface area contributed by atoms with Gasteiger partial charge in [0.05, 0.1) is 6.10 Å². The quantitative estimate of drug-likeness (QED) is 0.826. The van der Waals surface area contributed by atoms with Gasteiger partial charge in [-0.2, -0.15) is 0 Å². The van der Waals surface area contributed by atoms with E-state index in [0.29, 0.717) is 6.54 Å². The number of fused-ring (bicyclic) bond motifs is 1. The van der Waals surface area contributed by atoms with Gasteiger partial charge in [0.2, 0.25) is 0 Å². The van der Waals surface area contributed by atoms with Crippen LogP contribution in [-0.2, 0) is 6.54 Å². The van der Waals surface area contributed by atoms with Crippen LogP contribution >= 0.6 is 11.8 Å². The average Bonchev–Trinajstić information content (AvgIpc) is 3.24. The monoisotopic (exact) mass is 307 g/mol. The molecule has 0 spiro atoms. The van der Waals surface area contributed by atoms with Gasteiger partial charge in [0, 0.05) is 33.8 Å². The van der Waals surface area contributed by atoms with Crippen LogP contribution in [0.2, 0.25) is 0 Å². The standard InChI is InChI=1S/C14H17NOS.2C2H6/c1-10(16)9-15-7-6-11-8-13(4-5-14(11)15)17-12-2-3-12;2*1-2/h4-8,10,12,16H,2-3,9H2,1H3;2*1-2H3. The molecule has 0 radical (unpaired) electrons. The van der Waals surface area contributed by atoms with Gasteiger partial charge < -0.3 is 9.67 Å². The molecule has 0 amide bonds. The van der Waals surface area contributed by atoms with Crippen molar-refractivity contribution in [2.24, 2.45) is 0 Å². The van der Waals surface area contributed by atoms with Crippen molar-refractivity contribution in [3.8, 4) is 0 Å². The summed E-state index contributed by atoms with van der Waals surface area (Å²) in [7, 11) is 0. The smallest absolute Gasteiger partial charge is 0.0691 e. The third-order valence-electron chi connectivity index (χ3n) is 3.03. The maximum Gasteiger partial charge on any atom is 0.0691 e. The summed E-state index contributed by atoms with van der Waals surface area (Å²) in [6, 6.07) is 8.76. The second kappa shape index (κ2) is 9.16. The van der Waals surface area contributed by atoms with E-state index < -0.39 is 0 Å². The predicted octanol–water partition coefficient (Wildman–Crippen LogP) is 5.33. The highest BCUT2D eigenvalue weighted by molar-refractivity contribution is 8.00. The summed E-state index contributed by atoms with van der Waals surface area (Å²) in [5.41, 5.74) is 1.21. The number of benzene rings is 1. The largest absolute Gasteiger partial charge is 0.392 e. The topological polar surface area (TPSA) is 25.2 Å². The third kappa shape index (κ3) is 5.40. The summed E-state index contributed by atoms with van der Waals surface area (Å²) < 4.78 is 2.12. The van der Waals surface area contributed by atoms with Crippen LogP contribution in [0.1, 0.15) is 47.5 Å². The normalized spacial score (nSPS) is 14.8. The Bertz CT molecular complexity index is 529. The molecule has 2 aromatic rings. The van der Waals surface area contributed by atoms with Crippen LogP contribution in [0.15, 0.2) is 35.4 Å². The van der Waals surface area contributed by atoms with Crippen molar-refractivity contribution in [1.29, 1.82) is 0 Å². The molecule has 1 atom stereocenters. The molecule has 3 rings (SSSR count). The summed E-state index contributed by atoms with van der Waals surface area (Å²) in [4.78, 5) is 1.37. The van der Waals surface area contributed by atoms with E-state index in [-0.39, 0.29) is 6.10 Å². The van der Waals surface area contributed by atoms with E-state index in [2.05, 4.69) is 35.0 Å². The van der Waals surface area contributed by atoms with Gasteiger partial charge in [-0.25, -0.2) is 0 Å². The third-order valence-corrected chi connectivity index (χ3v) is 4.36. The summed E-state index contributed by atoms with van der Waals surface area (Å²) >= 11 is 1.99. The van der Waals surface area contributed by atoms with E-state index in [1.54, 1.807) is 0 Å². The molecule has 21 heavy (non-hydrogen) atoms. The Kier molecular flexibility index (Phi) is 7.91. The van der Waals surface area contributed by atoms with Crippen molar-refractivity contribution < 1.29 is 5.11 Å². The zero-order valence-corrected chi connectivity index (χ0v) is 14.8. The highest BCUT2D eigenvalue weighted by atomic mass is 32.2. The van der Waals surface area contributed by atoms with Gasteiger partial charge in [0.25, 0.3) is 0 Å². The minimum Gasteiger partial charge on any atom is -0.392 e. The molecule has 118 valence electrons. The molecule has 0 saturated heterocycles. The number of thioether (sulfide) groups is 1. The number of hydrogen-bond donors (Lipinski definition) is 1. The van der Waals surface area contributed by atoms with Crippen LogP contribution in [0, 0.1) is 0 Å². The molecule has 1 saturated carbocycles. The Labute approximate surface area is 133 Å². The summed E-state index contributed by atoms with van der Waals surface area (Å²) in [5.74, 6) is 0. The van der Waals surface area contributed by atoms with E-state index >= 15 is 0 Å². The molecule has 0 aliphatic heterocycles. The van der Waals surface area contributed by atoms with Crippen molar-refractivity contribution in [2.75, 3.05) is 0 Å². The van der Waals surface area contributed by atoms with Crippen molar-refractivity contribution >= 4 is 22.7 Å². The minimum absolute atomic E-state index is 0.300. The van der Waals surface area contributed by atoms with Crippen LogP contribution in [0.25, 0.3) is 10.9 Å². The molecule has 1 aliphatic carbocycles. The maximum absolute atomic E-state index is 9.44. The zero-order chi connectivity index (χ0) is 15.8. The number of aliphatic hydroxyl groups is 1. The van der Waals surface area contributed by atoms with Crippen molar-refractivity contribution in [3.63, 3.8) is 0 Å². The first-order valence-electron chi connectivity index (χ1n) is 8.16. The number of nitrogens with zero attached hydrogens (tertiary/aromatic N) is 1. The van der Waals surface area contributed by atoms with E-state index in [9.17, 15) is 5.11 Å². The lowest BCUT2D eigenvalue weighted by Crippen LogP contribution is -2.10. The SMILES string of the molecule is CC.CC.CC(O)Cn1ccc2cc(SC3CC3)ccc21. The minimum atomic E-state index is -0.300. The second-order valence-corrected chi connectivity index (χ2v) is 6.23. The highest BCUT2D eigenvalue weighted by Gasteiger charge is 2.22. The summed E-state index contributed by atoms with van der Waals surface area (Å²) in [6.45, 7) is 10.5. The fraction of sp³-hybridized carbons (Fsp3) is 0.556. The molecular weight excluding hydrogens is 278 g/mol. The molecule has 1 fully saturated rings. The van der Waals surface area contributed by atoms with Gasteiger partial charge in [-0.1, -0.05) is 27.7 Å². The van der Waals surface area contributed by atoms with Crippen LogP contribution in [0.5, 0.6) is 0 Å². The number of hydrogen-bond acceptors (Lipinski definition) is 2. The molecule has 2 nitrogen and oxygen atoms in total. The van der Waals surface area contributed by atoms with E-state index in [0.717, 1.165) is 5.25 Å². The van der Waals surface area contributed by atoms with E-state index in [1.165, 1.54) is 28.6 Å². The Hall–Kier alpha value is -0.930. The van der Waals surface area contributed by atoms with E-state index in [1.807, 2.05) is 46.4 Å². The highest BCUT2D eigenvalue weighted by Crippen LogP contribution is 2.39. The molecule has 1 aliphatic rings. The fourth-order valence-electron chi connectivity index (χ4n) is 2.07. The summed E-state index contributed by atoms with van der Waals surface area (Å²) in [6.07, 6.45) is 4.49. The average molecular weight is 308 g/mol. The molecule has 1 unspecified atom stereocenters. The van der Waals surface area contributed by atoms with Gasteiger partial charge in [-0.3, -0.25) is 0 Å². The number of aliphatic hydroxyl groups excluding tert-OH is 1. The Balaban J connectivity index is 0.000000510. The van der Waals surface area contributed by atoms with Gasteiger partial charge in [0.15, 0.2) is 0 Å². The van der Waals surface area contributed by atoms with Gasteiger partial charge in [0.1, 0.15) is 0 Å². The molecule has 1 heterocycles. The van der Waals surface area contributed by atoms with Crippen LogP contribution < -0.4 is 0 Å². The Morgan fingerprint density at radius 1 is 1.19 bits per heavy atom. The maximum atomic E-state index is 9.44. The van der Waals surface area contributed by atoms with Gasteiger partial charge >= 0.3 is 0 Å². The number of rotatable bonds is 4. The van der Waals surface area contributed by atoms with E-state index in [4.69, 9.17) is 0 Å². The van der Waals surface area contributed by atoms with Gasteiger partial charge in [-0.15, -0.1) is 11.8 Å². The zero-order valence-electron chi connectivity index (χ0n) is 14.0. The molecular formula is C18H29NOS. The Morgan fingerprint density at radius 3 is 2.43 bits per heavy atom. The predicted molar refractivity (Wildman–Crippen MR) is 95.2 cm³/mol. The van der Waals surface area contributed by atoms with Crippen molar-refractivity contribution in [2.45, 2.75) is 70.3 Å². The molecule has 3 heteroatoms. The van der Waals surface area contributed by atoms with Crippen molar-refractivity contribution in [1.82, 2.24) is 4.57 Å². The lowest BCUT2D eigenvalue weighted by molar-refractivity contribution is 0.175. The first-order chi connectivity index (χ1) is 10.2. The summed E-state index contributed by atoms with van der Waals surface area (Å²) in [5, 5.41) is 11.6. The van der Waals surface area contributed by atoms with Crippen LogP contribution in [0.3, 0.4) is 0 Å². The first-order valence-corrected chi connectivity index (χ1v) is 9.04. The molecule has 1 N–H and O–H groups in total. The van der Waals surface area contributed by atoms with Crippen LogP contribution in [0.4, 0.5) is 0 Å². The first kappa shape index (κ1) is 18.1. The lowest BCUT2D eigenvalue weighted by atomic mass is 10.2. The molecule has 1 aromatic heterocycles. The number of aromatic nitrogens is 1. The van der Waals surface area contributed by atoms with Crippen LogP contribution in [-0.4, -0.2) is 21.0 Å². The van der Waals surface area contributed by atoms with Gasteiger partial charge in [-0.05, 0) is 44.0 Å².